The topological polar surface area (TPSA) is 113 Å². The summed E-state index contributed by atoms with van der Waals surface area (Å²) in [6.07, 6.45) is 0.531. The lowest BCUT2D eigenvalue weighted by Crippen LogP contribution is -2.49. The van der Waals surface area contributed by atoms with Gasteiger partial charge < -0.3 is 24.4 Å². The Balaban J connectivity index is 5.05. The molecule has 9 nitrogen and oxygen atoms in total. The van der Waals surface area contributed by atoms with Gasteiger partial charge in [0, 0.05) is 6.54 Å². The Kier molecular flexibility index (Phi) is 8.51. The first kappa shape index (κ1) is 18.7. The van der Waals surface area contributed by atoms with Crippen LogP contribution in [0.25, 0.3) is 0 Å². The lowest BCUT2D eigenvalue weighted by atomic mass is 10.4. The molecule has 0 saturated carbocycles. The number of rotatable bonds is 8. The van der Waals surface area contributed by atoms with Gasteiger partial charge in [-0.15, -0.1) is 0 Å². The average Bonchev–Trinajstić information content (AvgIpc) is 2.44. The Morgan fingerprint density at radius 3 is 1.71 bits per heavy atom. The number of carbonyl (C=O) groups excluding carboxylic acids is 3. The second-order valence-corrected chi connectivity index (χ2v) is 4.11. The number of carboxylic acid groups (broad SMARTS) is 1. The number of hydrogen-bond donors (Lipinski definition) is 1. The van der Waals surface area contributed by atoms with Gasteiger partial charge in [-0.05, 0) is 6.42 Å². The summed E-state index contributed by atoms with van der Waals surface area (Å²) < 4.78 is 8.89. The van der Waals surface area contributed by atoms with Crippen LogP contribution in [0.1, 0.15) is 13.3 Å². The molecule has 0 aliphatic rings. The minimum atomic E-state index is -1.19. The molecule has 0 saturated heterocycles. The van der Waals surface area contributed by atoms with Gasteiger partial charge in [-0.2, -0.15) is 0 Å². The number of carboxylic acids is 1. The van der Waals surface area contributed by atoms with Crippen LogP contribution in [-0.4, -0.2) is 79.2 Å². The molecule has 0 fully saturated rings. The second kappa shape index (κ2) is 9.56. The normalized spacial score (nSPS) is 9.67. The van der Waals surface area contributed by atoms with Crippen LogP contribution in [0.5, 0.6) is 0 Å². The minimum Gasteiger partial charge on any atom is -0.480 e. The monoisotopic (exact) mass is 304 g/mol. The van der Waals surface area contributed by atoms with Crippen LogP contribution in [0.2, 0.25) is 0 Å². The summed E-state index contributed by atoms with van der Waals surface area (Å²) in [5.41, 5.74) is 0. The quantitative estimate of drug-likeness (QED) is 0.604. The lowest BCUT2D eigenvalue weighted by molar-refractivity contribution is -0.144. The van der Waals surface area contributed by atoms with Crippen molar-refractivity contribution in [3.63, 3.8) is 0 Å². The first-order chi connectivity index (χ1) is 9.85. The summed E-state index contributed by atoms with van der Waals surface area (Å²) in [6, 6.07) is -0.741. The summed E-state index contributed by atoms with van der Waals surface area (Å²) in [4.78, 5) is 47.5. The molecule has 0 radical (unpaired) electrons. The van der Waals surface area contributed by atoms with Gasteiger partial charge in [-0.25, -0.2) is 4.79 Å². The highest BCUT2D eigenvalue weighted by atomic mass is 16.5. The first-order valence-corrected chi connectivity index (χ1v) is 6.24. The lowest BCUT2D eigenvalue weighted by Gasteiger charge is -2.28. The number of methoxy groups -OCH3 is 2. The van der Waals surface area contributed by atoms with Crippen LogP contribution in [0.4, 0.5) is 4.79 Å². The third-order valence-electron chi connectivity index (χ3n) is 2.46. The van der Waals surface area contributed by atoms with Crippen molar-refractivity contribution in [2.45, 2.75) is 13.3 Å². The van der Waals surface area contributed by atoms with Crippen LogP contribution in [0.15, 0.2) is 0 Å². The Morgan fingerprint density at radius 1 is 0.905 bits per heavy atom. The van der Waals surface area contributed by atoms with E-state index in [-0.39, 0.29) is 6.54 Å². The van der Waals surface area contributed by atoms with Gasteiger partial charge in [0.2, 0.25) is 0 Å². The van der Waals surface area contributed by atoms with Gasteiger partial charge in [-0.3, -0.25) is 14.4 Å². The Morgan fingerprint density at radius 2 is 1.38 bits per heavy atom. The summed E-state index contributed by atoms with van der Waals surface area (Å²) in [7, 11) is 2.29. The molecule has 2 amide bonds. The smallest absolute Gasteiger partial charge is 0.325 e. The summed E-state index contributed by atoms with van der Waals surface area (Å²) >= 11 is 0. The van der Waals surface area contributed by atoms with E-state index >= 15 is 0 Å². The number of urea groups is 1. The second-order valence-electron chi connectivity index (χ2n) is 4.11. The van der Waals surface area contributed by atoms with E-state index in [0.717, 1.165) is 24.0 Å². The molecule has 0 unspecified atom stereocenters. The van der Waals surface area contributed by atoms with Crippen LogP contribution in [-0.2, 0) is 23.9 Å². The SMILES string of the molecule is CCCN(CC(=O)O)C(=O)N(CC(=O)OC)CC(=O)OC. The van der Waals surface area contributed by atoms with Crippen molar-refractivity contribution in [2.75, 3.05) is 40.4 Å². The van der Waals surface area contributed by atoms with E-state index in [2.05, 4.69) is 9.47 Å². The molecule has 0 atom stereocenters. The fourth-order valence-electron chi connectivity index (χ4n) is 1.51. The maximum absolute atomic E-state index is 12.2. The molecule has 0 spiro atoms. The fraction of sp³-hybridized carbons (Fsp3) is 0.667. The van der Waals surface area contributed by atoms with Crippen LogP contribution >= 0.6 is 0 Å². The number of carbonyl (C=O) groups is 4. The van der Waals surface area contributed by atoms with Crippen LogP contribution < -0.4 is 0 Å². The standard InChI is InChI=1S/C12H20N2O7/c1-4-5-13(6-9(15)16)12(19)14(7-10(17)20-2)8-11(18)21-3/h4-8H2,1-3H3,(H,15,16). The van der Waals surface area contributed by atoms with Crippen molar-refractivity contribution in [2.24, 2.45) is 0 Å². The molecule has 0 aliphatic carbocycles. The molecule has 120 valence electrons. The first-order valence-electron chi connectivity index (χ1n) is 6.24. The van der Waals surface area contributed by atoms with Gasteiger partial charge in [0.1, 0.15) is 19.6 Å². The fourth-order valence-corrected chi connectivity index (χ4v) is 1.51. The van der Waals surface area contributed by atoms with E-state index in [9.17, 15) is 19.2 Å². The minimum absolute atomic E-state index is 0.185. The Bertz CT molecular complexity index is 379. The van der Waals surface area contributed by atoms with Crippen LogP contribution in [0, 0.1) is 0 Å². The van der Waals surface area contributed by atoms with E-state index in [1.54, 1.807) is 6.92 Å². The summed E-state index contributed by atoms with van der Waals surface area (Å²) in [6.45, 7) is 0.497. The zero-order chi connectivity index (χ0) is 16.4. The summed E-state index contributed by atoms with van der Waals surface area (Å²) in [5.74, 6) is -2.63. The molecular weight excluding hydrogens is 284 g/mol. The molecule has 0 aromatic carbocycles. The number of esters is 2. The molecule has 0 rings (SSSR count). The summed E-state index contributed by atoms with van der Waals surface area (Å²) in [5, 5.41) is 8.80. The van der Waals surface area contributed by atoms with Crippen molar-refractivity contribution in [1.82, 2.24) is 9.80 Å². The van der Waals surface area contributed by atoms with Gasteiger partial charge in [0.15, 0.2) is 0 Å². The van der Waals surface area contributed by atoms with Crippen molar-refractivity contribution >= 4 is 23.9 Å². The van der Waals surface area contributed by atoms with Gasteiger partial charge in [-0.1, -0.05) is 6.92 Å². The molecule has 1 N–H and O–H groups in total. The number of aliphatic carboxylic acids is 1. The molecule has 0 aromatic heterocycles. The van der Waals surface area contributed by atoms with Crippen molar-refractivity contribution in [3.05, 3.63) is 0 Å². The third-order valence-corrected chi connectivity index (χ3v) is 2.46. The molecule has 0 bridgehead atoms. The largest absolute Gasteiger partial charge is 0.480 e. The molecule has 0 aromatic rings. The van der Waals surface area contributed by atoms with E-state index in [4.69, 9.17) is 5.11 Å². The number of nitrogens with zero attached hydrogens (tertiary/aromatic N) is 2. The predicted molar refractivity (Wildman–Crippen MR) is 70.5 cm³/mol. The number of hydrogen-bond acceptors (Lipinski definition) is 6. The van der Waals surface area contributed by atoms with Gasteiger partial charge in [0.05, 0.1) is 14.2 Å². The van der Waals surface area contributed by atoms with E-state index < -0.39 is 43.6 Å². The Labute approximate surface area is 122 Å². The van der Waals surface area contributed by atoms with Crippen molar-refractivity contribution in [1.29, 1.82) is 0 Å². The molecule has 9 heteroatoms. The highest BCUT2D eigenvalue weighted by Crippen LogP contribution is 2.02. The van der Waals surface area contributed by atoms with E-state index in [0.29, 0.717) is 6.42 Å². The van der Waals surface area contributed by atoms with Crippen LogP contribution in [0.3, 0.4) is 0 Å². The zero-order valence-corrected chi connectivity index (χ0v) is 12.3. The third kappa shape index (κ3) is 7.14. The Hall–Kier alpha value is -2.32. The van der Waals surface area contributed by atoms with Crippen molar-refractivity contribution < 1.29 is 33.8 Å². The zero-order valence-electron chi connectivity index (χ0n) is 12.3. The molecule has 0 aliphatic heterocycles. The number of ether oxygens (including phenoxy) is 2. The predicted octanol–water partition coefficient (Wildman–Crippen LogP) is -0.449. The highest BCUT2D eigenvalue weighted by molar-refractivity contribution is 5.86. The van der Waals surface area contributed by atoms with E-state index in [1.165, 1.54) is 0 Å². The number of amides is 2. The maximum atomic E-state index is 12.2. The molecular formula is C12H20N2O7. The molecule has 21 heavy (non-hydrogen) atoms. The maximum Gasteiger partial charge on any atom is 0.325 e. The van der Waals surface area contributed by atoms with E-state index in [1.807, 2.05) is 0 Å². The van der Waals surface area contributed by atoms with Crippen molar-refractivity contribution in [3.8, 4) is 0 Å². The average molecular weight is 304 g/mol. The van der Waals surface area contributed by atoms with Gasteiger partial charge in [0.25, 0.3) is 0 Å². The highest BCUT2D eigenvalue weighted by Gasteiger charge is 2.26. The molecule has 0 heterocycles. The van der Waals surface area contributed by atoms with Gasteiger partial charge >= 0.3 is 23.9 Å².